The Hall–Kier alpha value is -1.48. The van der Waals surface area contributed by atoms with E-state index in [0.29, 0.717) is 0 Å². The molecule has 0 aromatic heterocycles. The van der Waals surface area contributed by atoms with Crippen molar-refractivity contribution in [1.29, 1.82) is 0 Å². The highest BCUT2D eigenvalue weighted by atomic mass is 13.9. The van der Waals surface area contributed by atoms with Gasteiger partial charge in [0, 0.05) is 12.0 Å². The summed E-state index contributed by atoms with van der Waals surface area (Å²) in [5.74, 6) is 6.41. The summed E-state index contributed by atoms with van der Waals surface area (Å²) in [6.07, 6.45) is 8.02. The van der Waals surface area contributed by atoms with E-state index in [1.54, 1.807) is 0 Å². The maximum atomic E-state index is 3.73. The van der Waals surface area contributed by atoms with Gasteiger partial charge in [0.25, 0.3) is 0 Å². The monoisotopic (exact) mass is 212 g/mol. The molecule has 0 saturated carbocycles. The van der Waals surface area contributed by atoms with Crippen LogP contribution in [0.15, 0.2) is 30.8 Å². The molecule has 1 rings (SSSR count). The molecule has 0 atom stereocenters. The molecule has 16 heavy (non-hydrogen) atoms. The van der Waals surface area contributed by atoms with Gasteiger partial charge in [-0.05, 0) is 24.1 Å². The number of unbranched alkanes of at least 4 members (excludes halogenated alkanes) is 4. The average Bonchev–Trinajstić information content (AvgIpc) is 2.34. The highest BCUT2D eigenvalue weighted by Crippen LogP contribution is 2.05. The highest BCUT2D eigenvalue weighted by Gasteiger charge is 1.87. The van der Waals surface area contributed by atoms with Crippen LogP contribution in [-0.4, -0.2) is 0 Å². The van der Waals surface area contributed by atoms with Crippen molar-refractivity contribution in [3.8, 4) is 11.8 Å². The van der Waals surface area contributed by atoms with Crippen LogP contribution in [0.1, 0.15) is 50.2 Å². The SMILES string of the molecule is C=Cc1ccc(C#CCCCCCC)cc1. The van der Waals surface area contributed by atoms with Crippen LogP contribution in [0.2, 0.25) is 0 Å². The molecule has 0 heterocycles. The topological polar surface area (TPSA) is 0 Å². The zero-order valence-electron chi connectivity index (χ0n) is 10.1. The summed E-state index contributed by atoms with van der Waals surface area (Å²) in [4.78, 5) is 0. The van der Waals surface area contributed by atoms with Gasteiger partial charge in [0.1, 0.15) is 0 Å². The first-order chi connectivity index (χ1) is 7.86. The van der Waals surface area contributed by atoms with Gasteiger partial charge in [-0.1, -0.05) is 62.8 Å². The van der Waals surface area contributed by atoms with Gasteiger partial charge in [-0.2, -0.15) is 0 Å². The fraction of sp³-hybridized carbons (Fsp3) is 0.375. The first kappa shape index (κ1) is 12.6. The van der Waals surface area contributed by atoms with E-state index in [2.05, 4.69) is 37.5 Å². The Morgan fingerprint density at radius 3 is 2.50 bits per heavy atom. The summed E-state index contributed by atoms with van der Waals surface area (Å²) < 4.78 is 0. The normalized spacial score (nSPS) is 9.31. The van der Waals surface area contributed by atoms with Crippen molar-refractivity contribution in [3.63, 3.8) is 0 Å². The number of benzene rings is 1. The Labute approximate surface area is 99.4 Å². The predicted octanol–water partition coefficient (Wildman–Crippen LogP) is 4.65. The smallest absolute Gasteiger partial charge is 0.0245 e. The van der Waals surface area contributed by atoms with Crippen LogP contribution in [0.4, 0.5) is 0 Å². The summed E-state index contributed by atoms with van der Waals surface area (Å²) in [7, 11) is 0. The van der Waals surface area contributed by atoms with Crippen LogP contribution in [0.3, 0.4) is 0 Å². The van der Waals surface area contributed by atoms with E-state index in [4.69, 9.17) is 0 Å². The third kappa shape index (κ3) is 4.84. The molecule has 0 aliphatic carbocycles. The lowest BCUT2D eigenvalue weighted by Crippen LogP contribution is -1.77. The maximum Gasteiger partial charge on any atom is 0.0245 e. The van der Waals surface area contributed by atoms with E-state index in [9.17, 15) is 0 Å². The lowest BCUT2D eigenvalue weighted by atomic mass is 10.1. The van der Waals surface area contributed by atoms with Crippen LogP contribution < -0.4 is 0 Å². The quantitative estimate of drug-likeness (QED) is 0.492. The molecule has 0 heteroatoms. The molecule has 0 unspecified atom stereocenters. The van der Waals surface area contributed by atoms with Crippen LogP contribution >= 0.6 is 0 Å². The van der Waals surface area contributed by atoms with Gasteiger partial charge in [0.2, 0.25) is 0 Å². The molecule has 0 radical (unpaired) electrons. The summed E-state index contributed by atoms with van der Waals surface area (Å²) in [6.45, 7) is 5.96. The number of hydrogen-bond acceptors (Lipinski definition) is 0. The third-order valence-corrected chi connectivity index (χ3v) is 2.53. The van der Waals surface area contributed by atoms with Crippen LogP contribution in [0, 0.1) is 11.8 Å². The van der Waals surface area contributed by atoms with Gasteiger partial charge in [0.15, 0.2) is 0 Å². The summed E-state index contributed by atoms with van der Waals surface area (Å²) in [6, 6.07) is 8.20. The second kappa shape index (κ2) is 7.77. The van der Waals surface area contributed by atoms with Gasteiger partial charge in [-0.3, -0.25) is 0 Å². The predicted molar refractivity (Wildman–Crippen MR) is 72.2 cm³/mol. The van der Waals surface area contributed by atoms with Gasteiger partial charge in [0.05, 0.1) is 0 Å². The number of rotatable bonds is 5. The molecule has 0 saturated heterocycles. The second-order valence-electron chi connectivity index (χ2n) is 3.94. The zero-order chi connectivity index (χ0) is 11.6. The fourth-order valence-corrected chi connectivity index (χ4v) is 1.51. The van der Waals surface area contributed by atoms with Crippen molar-refractivity contribution in [3.05, 3.63) is 42.0 Å². The minimum atomic E-state index is 1.02. The van der Waals surface area contributed by atoms with Crippen molar-refractivity contribution in [2.75, 3.05) is 0 Å². The zero-order valence-corrected chi connectivity index (χ0v) is 10.1. The Morgan fingerprint density at radius 1 is 1.12 bits per heavy atom. The summed E-state index contributed by atoms with van der Waals surface area (Å²) >= 11 is 0. The first-order valence-corrected chi connectivity index (χ1v) is 6.08. The van der Waals surface area contributed by atoms with Crippen LogP contribution in [0.5, 0.6) is 0 Å². The Kier molecular flexibility index (Phi) is 6.11. The molecule has 0 spiro atoms. The van der Waals surface area contributed by atoms with E-state index in [1.165, 1.54) is 25.7 Å². The van der Waals surface area contributed by atoms with E-state index in [1.807, 2.05) is 18.2 Å². The van der Waals surface area contributed by atoms with Gasteiger partial charge >= 0.3 is 0 Å². The lowest BCUT2D eigenvalue weighted by molar-refractivity contribution is 0.679. The van der Waals surface area contributed by atoms with Crippen molar-refractivity contribution < 1.29 is 0 Å². The molecule has 1 aromatic carbocycles. The van der Waals surface area contributed by atoms with E-state index < -0.39 is 0 Å². The van der Waals surface area contributed by atoms with Crippen molar-refractivity contribution in [2.45, 2.75) is 39.0 Å². The van der Waals surface area contributed by atoms with Crippen molar-refractivity contribution in [2.24, 2.45) is 0 Å². The second-order valence-corrected chi connectivity index (χ2v) is 3.94. The molecule has 0 aliphatic rings. The standard InChI is InChI=1S/C16H20/c1-3-5-6-7-8-9-10-16-13-11-15(4-2)12-14-16/h4,11-14H,2-3,5-8H2,1H3. The van der Waals surface area contributed by atoms with Crippen molar-refractivity contribution in [1.82, 2.24) is 0 Å². The summed E-state index contributed by atoms with van der Waals surface area (Å²) in [5.41, 5.74) is 2.24. The van der Waals surface area contributed by atoms with E-state index in [0.717, 1.165) is 17.5 Å². The molecule has 0 aliphatic heterocycles. The Bertz CT molecular complexity index is 359. The van der Waals surface area contributed by atoms with Gasteiger partial charge in [-0.15, -0.1) is 0 Å². The molecule has 0 nitrogen and oxygen atoms in total. The van der Waals surface area contributed by atoms with Crippen LogP contribution in [0.25, 0.3) is 6.08 Å². The molecule has 0 amide bonds. The lowest BCUT2D eigenvalue weighted by Gasteiger charge is -1.93. The molecular weight excluding hydrogens is 192 g/mol. The Balaban J connectivity index is 2.35. The minimum Gasteiger partial charge on any atom is -0.0985 e. The minimum absolute atomic E-state index is 1.02. The molecule has 0 N–H and O–H groups in total. The Morgan fingerprint density at radius 2 is 1.88 bits per heavy atom. The third-order valence-electron chi connectivity index (χ3n) is 2.53. The molecular formula is C16H20. The first-order valence-electron chi connectivity index (χ1n) is 6.08. The van der Waals surface area contributed by atoms with E-state index in [-0.39, 0.29) is 0 Å². The van der Waals surface area contributed by atoms with Gasteiger partial charge < -0.3 is 0 Å². The molecule has 84 valence electrons. The highest BCUT2D eigenvalue weighted by molar-refractivity contribution is 5.49. The van der Waals surface area contributed by atoms with E-state index >= 15 is 0 Å². The average molecular weight is 212 g/mol. The van der Waals surface area contributed by atoms with Gasteiger partial charge in [-0.25, -0.2) is 0 Å². The van der Waals surface area contributed by atoms with Crippen molar-refractivity contribution >= 4 is 6.08 Å². The largest absolute Gasteiger partial charge is 0.0985 e. The molecule has 1 aromatic rings. The fourth-order valence-electron chi connectivity index (χ4n) is 1.51. The maximum absolute atomic E-state index is 3.73. The summed E-state index contributed by atoms with van der Waals surface area (Å²) in [5, 5.41) is 0. The molecule has 0 fully saturated rings. The molecule has 0 bridgehead atoms. The number of hydrogen-bond donors (Lipinski definition) is 0. The van der Waals surface area contributed by atoms with Crippen LogP contribution in [-0.2, 0) is 0 Å².